The van der Waals surface area contributed by atoms with E-state index < -0.39 is 24.3 Å². The highest BCUT2D eigenvalue weighted by molar-refractivity contribution is 5.69. The Morgan fingerprint density at radius 1 is 1.29 bits per heavy atom. The number of carbonyl (C=O) groups excluding carboxylic acids is 1. The third-order valence-electron chi connectivity index (χ3n) is 2.88. The van der Waals surface area contributed by atoms with Crippen molar-refractivity contribution in [3.8, 4) is 0 Å². The Morgan fingerprint density at radius 2 is 2.00 bits per heavy atom. The van der Waals surface area contributed by atoms with Crippen molar-refractivity contribution in [3.05, 3.63) is 12.3 Å². The molecule has 2 rings (SSSR count). The minimum atomic E-state index is -0.652. The van der Waals surface area contributed by atoms with Gasteiger partial charge in [0.05, 0.1) is 25.4 Å². The molecule has 0 spiro atoms. The number of ether oxygens (including phenoxy) is 3. The molecule has 0 aromatic heterocycles. The minimum absolute atomic E-state index is 0.0463. The first-order valence-electron chi connectivity index (χ1n) is 5.55. The molecule has 2 aliphatic rings. The third-order valence-corrected chi connectivity index (χ3v) is 2.88. The van der Waals surface area contributed by atoms with E-state index in [1.165, 1.54) is 0 Å². The van der Waals surface area contributed by atoms with Gasteiger partial charge in [-0.05, 0) is 0 Å². The maximum Gasteiger partial charge on any atom is 0.306 e. The fourth-order valence-electron chi connectivity index (χ4n) is 2.02. The van der Waals surface area contributed by atoms with E-state index in [1.807, 2.05) is 0 Å². The molecule has 2 saturated heterocycles. The molecule has 96 valence electrons. The van der Waals surface area contributed by atoms with Gasteiger partial charge < -0.3 is 24.4 Å². The molecule has 0 amide bonds. The van der Waals surface area contributed by atoms with E-state index in [2.05, 4.69) is 6.58 Å². The number of aliphatic hydroxyl groups excluding tert-OH is 2. The fourth-order valence-corrected chi connectivity index (χ4v) is 2.02. The molecule has 4 atom stereocenters. The van der Waals surface area contributed by atoms with Crippen LogP contribution in [0.5, 0.6) is 0 Å². The van der Waals surface area contributed by atoms with Crippen molar-refractivity contribution in [1.82, 2.24) is 0 Å². The van der Waals surface area contributed by atoms with Gasteiger partial charge in [0.1, 0.15) is 18.3 Å². The van der Waals surface area contributed by atoms with E-state index in [4.69, 9.17) is 19.3 Å². The van der Waals surface area contributed by atoms with E-state index in [1.54, 1.807) is 0 Å². The molecule has 2 aliphatic heterocycles. The van der Waals surface area contributed by atoms with Crippen molar-refractivity contribution in [3.63, 3.8) is 0 Å². The Bertz CT molecular complexity index is 315. The van der Waals surface area contributed by atoms with E-state index in [0.29, 0.717) is 0 Å². The Balaban J connectivity index is 1.80. The van der Waals surface area contributed by atoms with Crippen molar-refractivity contribution < 1.29 is 29.2 Å². The number of hydrogen-bond donors (Lipinski definition) is 2. The lowest BCUT2D eigenvalue weighted by Gasteiger charge is -2.16. The summed E-state index contributed by atoms with van der Waals surface area (Å²) in [5, 5.41) is 18.4. The van der Waals surface area contributed by atoms with E-state index in [-0.39, 0.29) is 37.9 Å². The highest BCUT2D eigenvalue weighted by atomic mass is 16.6. The number of esters is 1. The molecular weight excluding hydrogens is 228 g/mol. The maximum atomic E-state index is 11.4. The maximum absolute atomic E-state index is 11.4. The highest BCUT2D eigenvalue weighted by Crippen LogP contribution is 2.29. The lowest BCUT2D eigenvalue weighted by molar-refractivity contribution is -0.153. The van der Waals surface area contributed by atoms with Crippen LogP contribution in [0.4, 0.5) is 0 Å². The van der Waals surface area contributed by atoms with Crippen molar-refractivity contribution in [1.29, 1.82) is 0 Å². The monoisotopic (exact) mass is 244 g/mol. The Morgan fingerprint density at radius 3 is 2.71 bits per heavy atom. The van der Waals surface area contributed by atoms with Gasteiger partial charge in [0.25, 0.3) is 0 Å². The Kier molecular flexibility index (Phi) is 3.66. The first-order chi connectivity index (χ1) is 8.08. The molecule has 0 aliphatic carbocycles. The summed E-state index contributed by atoms with van der Waals surface area (Å²) in [6, 6.07) is 0. The highest BCUT2D eigenvalue weighted by Gasteiger charge is 2.48. The molecule has 0 bridgehead atoms. The number of carbonyl (C=O) groups is 1. The molecule has 2 N–H and O–H groups in total. The van der Waals surface area contributed by atoms with Gasteiger partial charge in [-0.1, -0.05) is 6.58 Å². The van der Waals surface area contributed by atoms with E-state index >= 15 is 0 Å². The summed E-state index contributed by atoms with van der Waals surface area (Å²) in [4.78, 5) is 11.4. The zero-order valence-electron chi connectivity index (χ0n) is 9.37. The summed E-state index contributed by atoms with van der Waals surface area (Å²) in [6.45, 7) is 3.73. The zero-order valence-corrected chi connectivity index (χ0v) is 9.37. The molecule has 0 aromatic carbocycles. The third kappa shape index (κ3) is 2.77. The minimum Gasteiger partial charge on any atom is -0.513 e. The van der Waals surface area contributed by atoms with Crippen molar-refractivity contribution in [2.24, 2.45) is 0 Å². The largest absolute Gasteiger partial charge is 0.513 e. The molecule has 0 radical (unpaired) electrons. The molecule has 0 aromatic rings. The summed E-state index contributed by atoms with van der Waals surface area (Å²) in [5.74, 6) is -0.477. The lowest BCUT2D eigenvalue weighted by atomic mass is 10.1. The van der Waals surface area contributed by atoms with Gasteiger partial charge in [-0.15, -0.1) is 0 Å². The van der Waals surface area contributed by atoms with Crippen LogP contribution in [0, 0.1) is 0 Å². The van der Waals surface area contributed by atoms with Crippen LogP contribution in [-0.2, 0) is 19.0 Å². The predicted molar refractivity (Wildman–Crippen MR) is 56.4 cm³/mol. The van der Waals surface area contributed by atoms with Crippen LogP contribution >= 0.6 is 0 Å². The van der Waals surface area contributed by atoms with Crippen LogP contribution in [0.2, 0.25) is 0 Å². The smallest absolute Gasteiger partial charge is 0.306 e. The first kappa shape index (κ1) is 12.3. The second-order valence-corrected chi connectivity index (χ2v) is 4.26. The number of fused-ring (bicyclic) bond motifs is 1. The molecule has 0 unspecified atom stereocenters. The number of allylic oxidation sites excluding steroid dienone is 1. The van der Waals surface area contributed by atoms with E-state index in [9.17, 15) is 9.90 Å². The van der Waals surface area contributed by atoms with Gasteiger partial charge in [-0.25, -0.2) is 0 Å². The molecule has 2 heterocycles. The standard InChI is InChI=1S/C11H16O6/c1-6(12)2-3-9(14)17-8-5-16-10-7(13)4-15-11(8)10/h7-8,10-13H,1-5H2/t7-,8-,10-,11-/m1/s1. The summed E-state index contributed by atoms with van der Waals surface area (Å²) in [5.41, 5.74) is 0. The zero-order chi connectivity index (χ0) is 12.4. The van der Waals surface area contributed by atoms with Crippen LogP contribution < -0.4 is 0 Å². The van der Waals surface area contributed by atoms with Gasteiger partial charge in [0.2, 0.25) is 0 Å². The van der Waals surface area contributed by atoms with Crippen LogP contribution in [0.1, 0.15) is 12.8 Å². The number of hydrogen-bond acceptors (Lipinski definition) is 6. The molecular formula is C11H16O6. The number of rotatable bonds is 4. The van der Waals surface area contributed by atoms with Crippen molar-refractivity contribution in [2.75, 3.05) is 13.2 Å². The molecule has 6 heteroatoms. The molecule has 17 heavy (non-hydrogen) atoms. The second kappa shape index (κ2) is 5.03. The summed E-state index contributed by atoms with van der Waals surface area (Å²) in [7, 11) is 0. The predicted octanol–water partition coefficient (Wildman–Crippen LogP) is -0.0914. The van der Waals surface area contributed by atoms with Crippen LogP contribution in [0.15, 0.2) is 12.3 Å². The van der Waals surface area contributed by atoms with Gasteiger partial charge in [0.15, 0.2) is 6.10 Å². The summed E-state index contributed by atoms with van der Waals surface area (Å²) >= 11 is 0. The SMILES string of the molecule is C=C(O)CCC(=O)O[C@@H]1CO[C@H]2[C@@H]1OC[C@H]2O. The molecule has 2 fully saturated rings. The van der Waals surface area contributed by atoms with Gasteiger partial charge in [-0.2, -0.15) is 0 Å². The topological polar surface area (TPSA) is 85.2 Å². The Hall–Kier alpha value is -1.11. The van der Waals surface area contributed by atoms with Crippen LogP contribution in [0.3, 0.4) is 0 Å². The van der Waals surface area contributed by atoms with Gasteiger partial charge in [-0.3, -0.25) is 4.79 Å². The lowest BCUT2D eigenvalue weighted by Crippen LogP contribution is -2.34. The second-order valence-electron chi connectivity index (χ2n) is 4.26. The van der Waals surface area contributed by atoms with Crippen molar-refractivity contribution in [2.45, 2.75) is 37.3 Å². The normalized spacial score (nSPS) is 35.6. The average molecular weight is 244 g/mol. The molecule has 0 saturated carbocycles. The average Bonchev–Trinajstić information content (AvgIpc) is 2.81. The molecule has 6 nitrogen and oxygen atoms in total. The van der Waals surface area contributed by atoms with Crippen LogP contribution in [0.25, 0.3) is 0 Å². The fraction of sp³-hybridized carbons (Fsp3) is 0.727. The summed E-state index contributed by atoms with van der Waals surface area (Å²) < 4.78 is 15.8. The summed E-state index contributed by atoms with van der Waals surface area (Å²) in [6.07, 6.45) is -1.65. The van der Waals surface area contributed by atoms with Gasteiger partial charge in [0, 0.05) is 6.42 Å². The van der Waals surface area contributed by atoms with Crippen molar-refractivity contribution >= 4 is 5.97 Å². The quantitative estimate of drug-likeness (QED) is 0.531. The Labute approximate surface area is 98.8 Å². The number of aliphatic hydroxyl groups is 2. The van der Waals surface area contributed by atoms with Gasteiger partial charge >= 0.3 is 5.97 Å². The van der Waals surface area contributed by atoms with E-state index in [0.717, 1.165) is 0 Å². The first-order valence-corrected chi connectivity index (χ1v) is 5.55. The van der Waals surface area contributed by atoms with Crippen LogP contribution in [-0.4, -0.2) is 53.8 Å².